The SMILES string of the molecule is O=C(O)C(NS(=O)(=O)C1CCOCC1)C1CC1. The fourth-order valence-electron chi connectivity index (χ4n) is 2.04. The van der Waals surface area contributed by atoms with Gasteiger partial charge in [0.05, 0.1) is 5.25 Å². The molecular weight excluding hydrogens is 246 g/mol. The number of nitrogens with one attached hydrogen (secondary N) is 1. The molecule has 17 heavy (non-hydrogen) atoms. The van der Waals surface area contributed by atoms with Crippen molar-refractivity contribution >= 4 is 16.0 Å². The summed E-state index contributed by atoms with van der Waals surface area (Å²) in [5, 5.41) is 8.48. The van der Waals surface area contributed by atoms with Gasteiger partial charge in [-0.3, -0.25) is 4.79 Å². The van der Waals surface area contributed by atoms with Gasteiger partial charge in [0.15, 0.2) is 0 Å². The molecule has 1 atom stereocenters. The van der Waals surface area contributed by atoms with E-state index in [0.717, 1.165) is 12.8 Å². The van der Waals surface area contributed by atoms with Crippen molar-refractivity contribution in [2.24, 2.45) is 5.92 Å². The van der Waals surface area contributed by atoms with Gasteiger partial charge >= 0.3 is 5.97 Å². The molecule has 1 unspecified atom stereocenters. The summed E-state index contributed by atoms with van der Waals surface area (Å²) in [6.07, 6.45) is 2.44. The summed E-state index contributed by atoms with van der Waals surface area (Å²) in [5.74, 6) is -1.12. The Morgan fingerprint density at radius 3 is 2.29 bits per heavy atom. The number of rotatable bonds is 5. The quantitative estimate of drug-likeness (QED) is 0.725. The summed E-state index contributed by atoms with van der Waals surface area (Å²) in [7, 11) is -3.54. The molecule has 0 radical (unpaired) electrons. The van der Waals surface area contributed by atoms with Gasteiger partial charge in [0.2, 0.25) is 10.0 Å². The molecule has 1 saturated heterocycles. The van der Waals surface area contributed by atoms with Crippen LogP contribution in [0.5, 0.6) is 0 Å². The maximum Gasteiger partial charge on any atom is 0.322 e. The zero-order chi connectivity index (χ0) is 12.5. The monoisotopic (exact) mass is 263 g/mol. The summed E-state index contributed by atoms with van der Waals surface area (Å²) in [6.45, 7) is 0.847. The first-order chi connectivity index (χ1) is 8.00. The van der Waals surface area contributed by atoms with Crippen molar-refractivity contribution < 1.29 is 23.1 Å². The summed E-state index contributed by atoms with van der Waals surface area (Å²) in [4.78, 5) is 11.0. The summed E-state index contributed by atoms with van der Waals surface area (Å²) in [6, 6.07) is -0.956. The molecule has 2 aliphatic rings. The van der Waals surface area contributed by atoms with Crippen LogP contribution in [-0.4, -0.2) is 44.0 Å². The van der Waals surface area contributed by atoms with Gasteiger partial charge in [-0.05, 0) is 31.6 Å². The average Bonchev–Trinajstić information content (AvgIpc) is 3.11. The Balaban J connectivity index is 2.01. The van der Waals surface area contributed by atoms with Crippen LogP contribution in [-0.2, 0) is 19.6 Å². The summed E-state index contributed by atoms with van der Waals surface area (Å²) >= 11 is 0. The molecule has 2 rings (SSSR count). The van der Waals surface area contributed by atoms with E-state index in [1.807, 2.05) is 0 Å². The van der Waals surface area contributed by atoms with Crippen molar-refractivity contribution in [1.29, 1.82) is 0 Å². The second kappa shape index (κ2) is 4.91. The van der Waals surface area contributed by atoms with E-state index < -0.39 is 27.3 Å². The molecule has 0 spiro atoms. The van der Waals surface area contributed by atoms with Crippen LogP contribution in [0, 0.1) is 5.92 Å². The fourth-order valence-corrected chi connectivity index (χ4v) is 3.69. The molecule has 1 heterocycles. The Labute approximate surface area is 100 Å². The Morgan fingerprint density at radius 1 is 1.24 bits per heavy atom. The highest BCUT2D eigenvalue weighted by Gasteiger charge is 2.40. The van der Waals surface area contributed by atoms with Crippen LogP contribution in [0.4, 0.5) is 0 Å². The van der Waals surface area contributed by atoms with E-state index in [2.05, 4.69) is 4.72 Å². The van der Waals surface area contributed by atoms with E-state index in [1.165, 1.54) is 0 Å². The minimum Gasteiger partial charge on any atom is -0.480 e. The Bertz CT molecular complexity index is 384. The van der Waals surface area contributed by atoms with Crippen molar-refractivity contribution in [3.8, 4) is 0 Å². The highest BCUT2D eigenvalue weighted by molar-refractivity contribution is 7.90. The molecular formula is C10H17NO5S. The van der Waals surface area contributed by atoms with Crippen molar-refractivity contribution in [1.82, 2.24) is 4.72 Å². The molecule has 1 aliphatic carbocycles. The van der Waals surface area contributed by atoms with Crippen LogP contribution in [0.2, 0.25) is 0 Å². The predicted molar refractivity (Wildman–Crippen MR) is 60.0 cm³/mol. The lowest BCUT2D eigenvalue weighted by Crippen LogP contribution is -2.47. The van der Waals surface area contributed by atoms with Crippen LogP contribution in [0.1, 0.15) is 25.7 Å². The smallest absolute Gasteiger partial charge is 0.322 e. The van der Waals surface area contributed by atoms with E-state index in [-0.39, 0.29) is 5.92 Å². The standard InChI is InChI=1S/C10H17NO5S/c12-10(13)9(7-1-2-7)11-17(14,15)8-3-5-16-6-4-8/h7-9,11H,1-6H2,(H,12,13). The van der Waals surface area contributed by atoms with E-state index >= 15 is 0 Å². The number of hydrogen-bond acceptors (Lipinski definition) is 4. The number of hydrogen-bond donors (Lipinski definition) is 2. The number of sulfonamides is 1. The molecule has 98 valence electrons. The third kappa shape index (κ3) is 3.17. The number of carboxylic acid groups (broad SMARTS) is 1. The first-order valence-electron chi connectivity index (χ1n) is 5.82. The van der Waals surface area contributed by atoms with Gasteiger partial charge in [0.1, 0.15) is 6.04 Å². The average molecular weight is 263 g/mol. The largest absolute Gasteiger partial charge is 0.480 e. The second-order valence-corrected chi connectivity index (χ2v) is 6.62. The number of carboxylic acids is 1. The maximum atomic E-state index is 12.0. The third-order valence-electron chi connectivity index (χ3n) is 3.26. The zero-order valence-electron chi connectivity index (χ0n) is 9.46. The molecule has 2 fully saturated rings. The van der Waals surface area contributed by atoms with Crippen molar-refractivity contribution in [2.75, 3.05) is 13.2 Å². The number of ether oxygens (including phenoxy) is 1. The molecule has 6 nitrogen and oxygen atoms in total. The van der Waals surface area contributed by atoms with Crippen molar-refractivity contribution in [3.63, 3.8) is 0 Å². The van der Waals surface area contributed by atoms with E-state index in [4.69, 9.17) is 9.84 Å². The molecule has 0 aromatic rings. The molecule has 7 heteroatoms. The third-order valence-corrected chi connectivity index (χ3v) is 5.19. The lowest BCUT2D eigenvalue weighted by Gasteiger charge is -2.24. The zero-order valence-corrected chi connectivity index (χ0v) is 10.3. The predicted octanol–water partition coefficient (Wildman–Crippen LogP) is -0.0520. The van der Waals surface area contributed by atoms with E-state index in [1.54, 1.807) is 0 Å². The highest BCUT2D eigenvalue weighted by Crippen LogP contribution is 2.33. The normalized spacial score (nSPS) is 24.5. The summed E-state index contributed by atoms with van der Waals surface area (Å²) < 4.78 is 31.4. The Morgan fingerprint density at radius 2 is 1.82 bits per heavy atom. The summed E-state index contributed by atoms with van der Waals surface area (Å²) in [5.41, 5.74) is 0. The molecule has 2 N–H and O–H groups in total. The molecule has 0 aromatic carbocycles. The molecule has 0 bridgehead atoms. The second-order valence-electron chi connectivity index (χ2n) is 4.63. The van der Waals surface area contributed by atoms with E-state index in [0.29, 0.717) is 26.1 Å². The van der Waals surface area contributed by atoms with Crippen LogP contribution < -0.4 is 4.72 Å². The van der Waals surface area contributed by atoms with Gasteiger partial charge in [0.25, 0.3) is 0 Å². The van der Waals surface area contributed by atoms with Gasteiger partial charge in [-0.25, -0.2) is 13.1 Å². The molecule has 1 saturated carbocycles. The first-order valence-corrected chi connectivity index (χ1v) is 7.37. The molecule has 0 aromatic heterocycles. The number of aliphatic carboxylic acids is 1. The topological polar surface area (TPSA) is 92.7 Å². The Kier molecular flexibility index (Phi) is 3.70. The van der Waals surface area contributed by atoms with Crippen molar-refractivity contribution in [2.45, 2.75) is 37.0 Å². The van der Waals surface area contributed by atoms with Crippen LogP contribution >= 0.6 is 0 Å². The Hall–Kier alpha value is -0.660. The van der Waals surface area contributed by atoms with Crippen LogP contribution in [0.25, 0.3) is 0 Å². The van der Waals surface area contributed by atoms with Gasteiger partial charge in [-0.15, -0.1) is 0 Å². The lowest BCUT2D eigenvalue weighted by atomic mass is 10.2. The van der Waals surface area contributed by atoms with Crippen LogP contribution in [0.15, 0.2) is 0 Å². The van der Waals surface area contributed by atoms with Crippen LogP contribution in [0.3, 0.4) is 0 Å². The highest BCUT2D eigenvalue weighted by atomic mass is 32.2. The fraction of sp³-hybridized carbons (Fsp3) is 0.900. The lowest BCUT2D eigenvalue weighted by molar-refractivity contribution is -0.139. The molecule has 1 aliphatic heterocycles. The van der Waals surface area contributed by atoms with E-state index in [9.17, 15) is 13.2 Å². The minimum absolute atomic E-state index is 0.0397. The van der Waals surface area contributed by atoms with Gasteiger partial charge < -0.3 is 9.84 Å². The van der Waals surface area contributed by atoms with Gasteiger partial charge in [-0.1, -0.05) is 0 Å². The molecule has 0 amide bonds. The first kappa shape index (κ1) is 12.8. The van der Waals surface area contributed by atoms with Gasteiger partial charge in [0, 0.05) is 13.2 Å². The van der Waals surface area contributed by atoms with Crippen molar-refractivity contribution in [3.05, 3.63) is 0 Å². The van der Waals surface area contributed by atoms with Gasteiger partial charge in [-0.2, -0.15) is 0 Å². The minimum atomic E-state index is -3.54. The number of carbonyl (C=O) groups is 1. The maximum absolute atomic E-state index is 12.0.